The SMILES string of the molecule is CCN1CCC(N(C)Cc2ccc(CN)cc2C)CC1. The van der Waals surface area contributed by atoms with Crippen LogP contribution in [0.5, 0.6) is 0 Å². The molecule has 1 aliphatic rings. The third-order valence-electron chi connectivity index (χ3n) is 4.69. The molecule has 1 aromatic carbocycles. The van der Waals surface area contributed by atoms with Crippen molar-refractivity contribution in [3.63, 3.8) is 0 Å². The van der Waals surface area contributed by atoms with Crippen molar-refractivity contribution in [1.29, 1.82) is 0 Å². The first kappa shape index (κ1) is 15.5. The Morgan fingerprint density at radius 2 is 2.00 bits per heavy atom. The van der Waals surface area contributed by atoms with E-state index in [1.807, 2.05) is 0 Å². The molecule has 1 saturated heterocycles. The zero-order valence-electron chi connectivity index (χ0n) is 13.2. The van der Waals surface area contributed by atoms with Crippen molar-refractivity contribution >= 4 is 0 Å². The lowest BCUT2D eigenvalue weighted by Gasteiger charge is -2.36. The van der Waals surface area contributed by atoms with Crippen molar-refractivity contribution in [2.75, 3.05) is 26.7 Å². The molecule has 0 saturated carbocycles. The van der Waals surface area contributed by atoms with Crippen molar-refractivity contribution in [3.8, 4) is 0 Å². The van der Waals surface area contributed by atoms with E-state index in [9.17, 15) is 0 Å². The van der Waals surface area contributed by atoms with Gasteiger partial charge >= 0.3 is 0 Å². The van der Waals surface area contributed by atoms with Gasteiger partial charge in [0.2, 0.25) is 0 Å². The smallest absolute Gasteiger partial charge is 0.0236 e. The Morgan fingerprint density at radius 1 is 1.30 bits per heavy atom. The molecule has 1 fully saturated rings. The fourth-order valence-corrected chi connectivity index (χ4v) is 3.14. The molecule has 0 spiro atoms. The normalized spacial score (nSPS) is 17.9. The molecular formula is C17H29N3. The molecule has 0 aromatic heterocycles. The van der Waals surface area contributed by atoms with Crippen LogP contribution >= 0.6 is 0 Å². The fourth-order valence-electron chi connectivity index (χ4n) is 3.14. The molecule has 3 nitrogen and oxygen atoms in total. The Labute approximate surface area is 123 Å². The predicted octanol–water partition coefficient (Wildman–Crippen LogP) is 2.37. The summed E-state index contributed by atoms with van der Waals surface area (Å²) in [5, 5.41) is 0. The summed E-state index contributed by atoms with van der Waals surface area (Å²) in [6, 6.07) is 7.36. The van der Waals surface area contributed by atoms with Gasteiger partial charge in [0.1, 0.15) is 0 Å². The highest BCUT2D eigenvalue weighted by Crippen LogP contribution is 2.19. The summed E-state index contributed by atoms with van der Waals surface area (Å²) >= 11 is 0. The van der Waals surface area contributed by atoms with Gasteiger partial charge in [-0.25, -0.2) is 0 Å². The van der Waals surface area contributed by atoms with Crippen molar-refractivity contribution in [1.82, 2.24) is 9.80 Å². The van der Waals surface area contributed by atoms with Crippen LogP contribution in [0.3, 0.4) is 0 Å². The number of benzene rings is 1. The van der Waals surface area contributed by atoms with Crippen LogP contribution in [0.2, 0.25) is 0 Å². The van der Waals surface area contributed by atoms with E-state index in [1.165, 1.54) is 49.2 Å². The van der Waals surface area contributed by atoms with Crippen LogP contribution in [-0.4, -0.2) is 42.5 Å². The fraction of sp³-hybridized carbons (Fsp3) is 0.647. The summed E-state index contributed by atoms with van der Waals surface area (Å²) in [6.45, 7) is 9.82. The third-order valence-corrected chi connectivity index (χ3v) is 4.69. The highest BCUT2D eigenvalue weighted by Gasteiger charge is 2.21. The molecule has 0 unspecified atom stereocenters. The van der Waals surface area contributed by atoms with Crippen molar-refractivity contribution in [2.45, 2.75) is 45.8 Å². The quantitative estimate of drug-likeness (QED) is 0.895. The van der Waals surface area contributed by atoms with Gasteiger partial charge < -0.3 is 10.6 Å². The molecule has 2 N–H and O–H groups in total. The van der Waals surface area contributed by atoms with E-state index in [4.69, 9.17) is 5.73 Å². The minimum atomic E-state index is 0.631. The molecule has 0 aliphatic carbocycles. The molecule has 0 bridgehead atoms. The second-order valence-electron chi connectivity index (χ2n) is 6.05. The Kier molecular flexibility index (Phi) is 5.58. The van der Waals surface area contributed by atoms with Gasteiger partial charge in [-0.05, 0) is 63.1 Å². The van der Waals surface area contributed by atoms with Gasteiger partial charge in [0.25, 0.3) is 0 Å². The number of likely N-dealkylation sites (tertiary alicyclic amines) is 1. The average molecular weight is 275 g/mol. The lowest BCUT2D eigenvalue weighted by molar-refractivity contribution is 0.127. The molecular weight excluding hydrogens is 246 g/mol. The highest BCUT2D eigenvalue weighted by atomic mass is 15.2. The minimum Gasteiger partial charge on any atom is -0.326 e. The summed E-state index contributed by atoms with van der Waals surface area (Å²) in [4.78, 5) is 5.07. The van der Waals surface area contributed by atoms with Gasteiger partial charge in [0.05, 0.1) is 0 Å². The van der Waals surface area contributed by atoms with Gasteiger partial charge in [-0.1, -0.05) is 25.1 Å². The molecule has 1 heterocycles. The first-order chi connectivity index (χ1) is 9.63. The van der Waals surface area contributed by atoms with E-state index in [0.29, 0.717) is 6.54 Å². The molecule has 20 heavy (non-hydrogen) atoms. The predicted molar refractivity (Wildman–Crippen MR) is 85.7 cm³/mol. The molecule has 3 heteroatoms. The number of nitrogens with two attached hydrogens (primary N) is 1. The maximum atomic E-state index is 5.70. The number of nitrogens with zero attached hydrogens (tertiary/aromatic N) is 2. The van der Waals surface area contributed by atoms with Crippen LogP contribution in [0.1, 0.15) is 36.5 Å². The number of hydrogen-bond acceptors (Lipinski definition) is 3. The van der Waals surface area contributed by atoms with Crippen molar-refractivity contribution < 1.29 is 0 Å². The standard InChI is InChI=1S/C17H29N3/c1-4-20-9-7-17(8-10-20)19(3)13-16-6-5-15(12-18)11-14(16)2/h5-6,11,17H,4,7-10,12-13,18H2,1-3H3. The van der Waals surface area contributed by atoms with Crippen LogP contribution in [0.4, 0.5) is 0 Å². The van der Waals surface area contributed by atoms with E-state index in [-0.39, 0.29) is 0 Å². The molecule has 1 aromatic rings. The highest BCUT2D eigenvalue weighted by molar-refractivity contribution is 5.31. The van der Waals surface area contributed by atoms with E-state index in [1.54, 1.807) is 0 Å². The average Bonchev–Trinajstić information content (AvgIpc) is 2.49. The first-order valence-electron chi connectivity index (χ1n) is 7.85. The number of hydrogen-bond donors (Lipinski definition) is 1. The van der Waals surface area contributed by atoms with Crippen LogP contribution in [0.15, 0.2) is 18.2 Å². The van der Waals surface area contributed by atoms with Crippen LogP contribution < -0.4 is 5.73 Å². The second-order valence-corrected chi connectivity index (χ2v) is 6.05. The van der Waals surface area contributed by atoms with E-state index in [0.717, 1.165) is 12.6 Å². The molecule has 1 aliphatic heterocycles. The first-order valence-corrected chi connectivity index (χ1v) is 7.85. The summed E-state index contributed by atoms with van der Waals surface area (Å²) in [5.74, 6) is 0. The Balaban J connectivity index is 1.93. The van der Waals surface area contributed by atoms with Crippen molar-refractivity contribution in [2.24, 2.45) is 5.73 Å². The molecule has 2 rings (SSSR count). The zero-order chi connectivity index (χ0) is 14.5. The Bertz CT molecular complexity index is 422. The van der Waals surface area contributed by atoms with Gasteiger partial charge in [-0.3, -0.25) is 4.90 Å². The summed E-state index contributed by atoms with van der Waals surface area (Å²) in [7, 11) is 2.27. The van der Waals surface area contributed by atoms with E-state index < -0.39 is 0 Å². The molecule has 0 amide bonds. The lowest BCUT2D eigenvalue weighted by atomic mass is 10.0. The summed E-state index contributed by atoms with van der Waals surface area (Å²) in [5.41, 5.74) is 9.72. The largest absolute Gasteiger partial charge is 0.326 e. The molecule has 112 valence electrons. The third kappa shape index (κ3) is 3.81. The van der Waals surface area contributed by atoms with Crippen LogP contribution in [0.25, 0.3) is 0 Å². The number of aryl methyl sites for hydroxylation is 1. The van der Waals surface area contributed by atoms with E-state index in [2.05, 4.69) is 48.9 Å². The lowest BCUT2D eigenvalue weighted by Crippen LogP contribution is -2.42. The van der Waals surface area contributed by atoms with E-state index >= 15 is 0 Å². The minimum absolute atomic E-state index is 0.631. The van der Waals surface area contributed by atoms with Gasteiger partial charge in [-0.2, -0.15) is 0 Å². The summed E-state index contributed by atoms with van der Waals surface area (Å²) < 4.78 is 0. The maximum absolute atomic E-state index is 5.70. The second kappa shape index (κ2) is 7.21. The zero-order valence-corrected chi connectivity index (χ0v) is 13.2. The monoisotopic (exact) mass is 275 g/mol. The molecule has 0 atom stereocenters. The van der Waals surface area contributed by atoms with Gasteiger partial charge in [0.15, 0.2) is 0 Å². The van der Waals surface area contributed by atoms with Crippen LogP contribution in [0, 0.1) is 6.92 Å². The Hall–Kier alpha value is -0.900. The number of rotatable bonds is 5. The Morgan fingerprint density at radius 3 is 2.55 bits per heavy atom. The number of piperidine rings is 1. The summed E-state index contributed by atoms with van der Waals surface area (Å²) in [6.07, 6.45) is 2.59. The van der Waals surface area contributed by atoms with Gasteiger partial charge in [0, 0.05) is 19.1 Å². The van der Waals surface area contributed by atoms with Gasteiger partial charge in [-0.15, -0.1) is 0 Å². The van der Waals surface area contributed by atoms with Crippen molar-refractivity contribution in [3.05, 3.63) is 34.9 Å². The van der Waals surface area contributed by atoms with Crippen LogP contribution in [-0.2, 0) is 13.1 Å². The topological polar surface area (TPSA) is 32.5 Å². The molecule has 0 radical (unpaired) electrons. The maximum Gasteiger partial charge on any atom is 0.0236 e.